The summed E-state index contributed by atoms with van der Waals surface area (Å²) in [6.07, 6.45) is -9.57. The van der Waals surface area contributed by atoms with Gasteiger partial charge in [-0.15, -0.1) is 0 Å². The van der Waals surface area contributed by atoms with Crippen LogP contribution in [0.3, 0.4) is 0 Å². The van der Waals surface area contributed by atoms with Gasteiger partial charge in [0.2, 0.25) is 0 Å². The number of aromatic nitrogens is 2. The minimum Gasteiger partial charge on any atom is -0.464 e. The van der Waals surface area contributed by atoms with Crippen LogP contribution in [-0.4, -0.2) is 22.9 Å². The van der Waals surface area contributed by atoms with Crippen LogP contribution >= 0.6 is 0 Å². The fourth-order valence-electron chi connectivity index (χ4n) is 2.14. The van der Waals surface area contributed by atoms with Gasteiger partial charge in [-0.2, -0.15) is 31.4 Å². The van der Waals surface area contributed by atoms with Crippen LogP contribution < -0.4 is 0 Å². The van der Waals surface area contributed by atoms with Crippen molar-refractivity contribution in [3.63, 3.8) is 0 Å². The van der Waals surface area contributed by atoms with Crippen LogP contribution in [-0.2, 0) is 24.1 Å². The van der Waals surface area contributed by atoms with E-state index in [4.69, 9.17) is 0 Å². The van der Waals surface area contributed by atoms with Crippen LogP contribution in [0.15, 0.2) is 24.3 Å². The molecule has 0 radical (unpaired) electrons. The van der Waals surface area contributed by atoms with Crippen molar-refractivity contribution in [2.45, 2.75) is 12.4 Å². The van der Waals surface area contributed by atoms with E-state index in [2.05, 4.69) is 9.84 Å². The zero-order valence-corrected chi connectivity index (χ0v) is 12.3. The van der Waals surface area contributed by atoms with E-state index < -0.39 is 40.8 Å². The van der Waals surface area contributed by atoms with E-state index in [-0.39, 0.29) is 5.56 Å². The summed E-state index contributed by atoms with van der Waals surface area (Å²) in [5.41, 5.74) is -4.07. The molecule has 24 heavy (non-hydrogen) atoms. The molecule has 0 amide bonds. The first-order valence-corrected chi connectivity index (χ1v) is 6.37. The topological polar surface area (TPSA) is 44.1 Å². The highest BCUT2D eigenvalue weighted by molar-refractivity contribution is 5.91. The number of rotatable bonds is 2. The molecule has 0 saturated carbocycles. The Bertz CT molecular complexity index is 759. The lowest BCUT2D eigenvalue weighted by molar-refractivity contribution is -0.138. The molecule has 0 N–H and O–H groups in total. The SMILES string of the molecule is COC(=O)c1c(C(F)(F)F)c(-c2ccc(C(F)(F)F)cc2)nn1C. The lowest BCUT2D eigenvalue weighted by Crippen LogP contribution is -2.16. The normalized spacial score (nSPS) is 12.3. The van der Waals surface area contributed by atoms with E-state index >= 15 is 0 Å². The van der Waals surface area contributed by atoms with Crippen molar-refractivity contribution in [1.29, 1.82) is 0 Å². The molecule has 130 valence electrons. The number of benzene rings is 1. The Kier molecular flexibility index (Phi) is 4.34. The van der Waals surface area contributed by atoms with Crippen LogP contribution in [0.4, 0.5) is 26.3 Å². The van der Waals surface area contributed by atoms with Crippen LogP contribution in [0.5, 0.6) is 0 Å². The number of nitrogens with zero attached hydrogens (tertiary/aromatic N) is 2. The number of carbonyl (C=O) groups excluding carboxylic acids is 1. The lowest BCUT2D eigenvalue weighted by Gasteiger charge is -2.10. The average molecular weight is 352 g/mol. The molecular weight excluding hydrogens is 342 g/mol. The monoisotopic (exact) mass is 352 g/mol. The van der Waals surface area contributed by atoms with Crippen LogP contribution in [0.1, 0.15) is 21.6 Å². The number of halogens is 6. The van der Waals surface area contributed by atoms with Gasteiger partial charge < -0.3 is 4.74 Å². The molecule has 0 aliphatic carbocycles. The number of aryl methyl sites for hydroxylation is 1. The standard InChI is InChI=1S/C14H10F6N2O2/c1-22-11(12(23)24-2)9(14(18,19)20)10(21-22)7-3-5-8(6-4-7)13(15,16)17/h3-6H,1-2H3. The predicted octanol–water partition coefficient (Wildman–Crippen LogP) is 3.91. The maximum Gasteiger partial charge on any atom is 0.420 e. The Labute approximate surface area is 131 Å². The van der Waals surface area contributed by atoms with Crippen LogP contribution in [0.2, 0.25) is 0 Å². The zero-order valence-electron chi connectivity index (χ0n) is 12.3. The molecule has 1 aromatic heterocycles. The van der Waals surface area contributed by atoms with Gasteiger partial charge >= 0.3 is 18.3 Å². The second kappa shape index (κ2) is 5.84. The largest absolute Gasteiger partial charge is 0.464 e. The molecule has 1 aromatic carbocycles. The average Bonchev–Trinajstić information content (AvgIpc) is 2.83. The van der Waals surface area contributed by atoms with Crippen molar-refractivity contribution in [1.82, 2.24) is 9.78 Å². The Morgan fingerprint density at radius 1 is 1.04 bits per heavy atom. The summed E-state index contributed by atoms with van der Waals surface area (Å²) in [5, 5.41) is 3.62. The summed E-state index contributed by atoms with van der Waals surface area (Å²) in [5.74, 6) is -1.25. The molecule has 1 heterocycles. The minimum absolute atomic E-state index is 0.207. The zero-order chi connectivity index (χ0) is 18.3. The summed E-state index contributed by atoms with van der Waals surface area (Å²) in [4.78, 5) is 11.6. The fraction of sp³-hybridized carbons (Fsp3) is 0.286. The Hall–Kier alpha value is -2.52. The van der Waals surface area contributed by atoms with Crippen molar-refractivity contribution < 1.29 is 35.9 Å². The third kappa shape index (κ3) is 3.22. The second-order valence-corrected chi connectivity index (χ2v) is 4.76. The Balaban J connectivity index is 2.65. The smallest absolute Gasteiger partial charge is 0.420 e. The van der Waals surface area contributed by atoms with Gasteiger partial charge in [-0.05, 0) is 12.1 Å². The lowest BCUT2D eigenvalue weighted by atomic mass is 10.0. The molecular formula is C14H10F6N2O2. The molecule has 0 aliphatic rings. The fourth-order valence-corrected chi connectivity index (χ4v) is 2.14. The third-order valence-corrected chi connectivity index (χ3v) is 3.20. The first-order chi connectivity index (χ1) is 11.0. The van der Waals surface area contributed by atoms with Crippen molar-refractivity contribution >= 4 is 5.97 Å². The maximum atomic E-state index is 13.3. The van der Waals surface area contributed by atoms with E-state index in [9.17, 15) is 31.1 Å². The number of hydrogen-bond acceptors (Lipinski definition) is 3. The number of carbonyl (C=O) groups is 1. The number of alkyl halides is 6. The number of esters is 1. The van der Waals surface area contributed by atoms with Gasteiger partial charge in [0.1, 0.15) is 11.3 Å². The minimum atomic E-state index is -4.95. The Morgan fingerprint density at radius 3 is 2.00 bits per heavy atom. The molecule has 0 bridgehead atoms. The van der Waals surface area contributed by atoms with E-state index in [1.807, 2.05) is 0 Å². The van der Waals surface area contributed by atoms with Gasteiger partial charge in [-0.1, -0.05) is 12.1 Å². The van der Waals surface area contributed by atoms with Crippen LogP contribution in [0.25, 0.3) is 11.3 Å². The first kappa shape index (κ1) is 17.8. The first-order valence-electron chi connectivity index (χ1n) is 6.37. The van der Waals surface area contributed by atoms with Crippen molar-refractivity contribution in [2.24, 2.45) is 7.05 Å². The van der Waals surface area contributed by atoms with Crippen molar-refractivity contribution in [3.8, 4) is 11.3 Å². The molecule has 0 atom stereocenters. The molecule has 10 heteroatoms. The summed E-state index contributed by atoms with van der Waals surface area (Å²) in [7, 11) is 2.02. The second-order valence-electron chi connectivity index (χ2n) is 4.76. The van der Waals surface area contributed by atoms with E-state index in [0.29, 0.717) is 16.8 Å². The van der Waals surface area contributed by atoms with Gasteiger partial charge in [0.05, 0.1) is 12.7 Å². The van der Waals surface area contributed by atoms with E-state index in [0.717, 1.165) is 26.3 Å². The summed E-state index contributed by atoms with van der Waals surface area (Å²) in [6, 6.07) is 3.01. The highest BCUT2D eigenvalue weighted by Crippen LogP contribution is 2.40. The van der Waals surface area contributed by atoms with Crippen LogP contribution in [0, 0.1) is 0 Å². The maximum absolute atomic E-state index is 13.3. The highest BCUT2D eigenvalue weighted by Gasteiger charge is 2.42. The highest BCUT2D eigenvalue weighted by atomic mass is 19.4. The molecule has 0 aliphatic heterocycles. The summed E-state index contributed by atoms with van der Waals surface area (Å²) < 4.78 is 82.6. The van der Waals surface area contributed by atoms with E-state index in [1.165, 1.54) is 0 Å². The van der Waals surface area contributed by atoms with Gasteiger partial charge in [-0.3, -0.25) is 4.68 Å². The molecule has 0 spiro atoms. The number of methoxy groups -OCH3 is 1. The molecule has 2 aromatic rings. The molecule has 4 nitrogen and oxygen atoms in total. The molecule has 2 rings (SSSR count). The molecule has 0 fully saturated rings. The third-order valence-electron chi connectivity index (χ3n) is 3.20. The molecule has 0 saturated heterocycles. The predicted molar refractivity (Wildman–Crippen MR) is 70.0 cm³/mol. The molecule has 0 unspecified atom stereocenters. The van der Waals surface area contributed by atoms with Gasteiger partial charge in [-0.25, -0.2) is 4.79 Å². The number of hydrogen-bond donors (Lipinski definition) is 0. The number of ether oxygens (including phenoxy) is 1. The van der Waals surface area contributed by atoms with Gasteiger partial charge in [0, 0.05) is 12.6 Å². The van der Waals surface area contributed by atoms with Gasteiger partial charge in [0.15, 0.2) is 5.69 Å². The quantitative estimate of drug-likeness (QED) is 0.608. The van der Waals surface area contributed by atoms with E-state index in [1.54, 1.807) is 0 Å². The summed E-state index contributed by atoms with van der Waals surface area (Å²) in [6.45, 7) is 0. The van der Waals surface area contributed by atoms with Crippen molar-refractivity contribution in [3.05, 3.63) is 41.1 Å². The van der Waals surface area contributed by atoms with Gasteiger partial charge in [0.25, 0.3) is 0 Å². The summed E-state index contributed by atoms with van der Waals surface area (Å²) >= 11 is 0. The van der Waals surface area contributed by atoms with Crippen molar-refractivity contribution in [2.75, 3.05) is 7.11 Å². The Morgan fingerprint density at radius 2 is 1.58 bits per heavy atom.